The zero-order chi connectivity index (χ0) is 29.4. The van der Waals surface area contributed by atoms with Gasteiger partial charge in [-0.3, -0.25) is 4.57 Å². The van der Waals surface area contributed by atoms with Gasteiger partial charge >= 0.3 is 11.9 Å². The maximum absolute atomic E-state index is 12.8. The van der Waals surface area contributed by atoms with Gasteiger partial charge in [-0.25, -0.2) is 9.59 Å². The van der Waals surface area contributed by atoms with E-state index in [1.54, 1.807) is 32.9 Å². The molecule has 0 saturated carbocycles. The van der Waals surface area contributed by atoms with Gasteiger partial charge in [0.25, 0.3) is 0 Å². The average molecular weight is 599 g/mol. The number of aromatic nitrogens is 4. The first-order valence-corrected chi connectivity index (χ1v) is 14.5. The molecule has 0 amide bonds. The van der Waals surface area contributed by atoms with E-state index >= 15 is 0 Å². The number of thioether (sulfide) groups is 1. The molecule has 4 rings (SSSR count). The van der Waals surface area contributed by atoms with Gasteiger partial charge in [0.15, 0.2) is 11.0 Å². The molecule has 0 bridgehead atoms. The van der Waals surface area contributed by atoms with E-state index in [2.05, 4.69) is 15.2 Å². The second-order valence-corrected chi connectivity index (χ2v) is 9.99. The van der Waals surface area contributed by atoms with Crippen LogP contribution in [0.25, 0.3) is 5.69 Å². The Labute approximate surface area is 247 Å². The van der Waals surface area contributed by atoms with Gasteiger partial charge in [-0.1, -0.05) is 23.4 Å². The predicted molar refractivity (Wildman–Crippen MR) is 155 cm³/mol. The second kappa shape index (κ2) is 14.1. The van der Waals surface area contributed by atoms with Crippen molar-refractivity contribution in [3.8, 4) is 17.2 Å². The molecule has 12 heteroatoms. The van der Waals surface area contributed by atoms with Gasteiger partial charge < -0.3 is 23.9 Å². The number of nitrogens with zero attached hydrogens (tertiary/aromatic N) is 3. The zero-order valence-corrected chi connectivity index (χ0v) is 24.8. The molecular weight excluding hydrogens is 568 g/mol. The number of benzene rings is 2. The van der Waals surface area contributed by atoms with Crippen molar-refractivity contribution in [2.75, 3.05) is 19.8 Å². The van der Waals surface area contributed by atoms with Gasteiger partial charge in [0.1, 0.15) is 23.8 Å². The lowest BCUT2D eigenvalue weighted by molar-refractivity contribution is 0.0518. The zero-order valence-electron chi connectivity index (χ0n) is 23.2. The molecule has 0 aliphatic rings. The Morgan fingerprint density at radius 2 is 1.51 bits per heavy atom. The monoisotopic (exact) mass is 598 g/mol. The first kappa shape index (κ1) is 30.0. The van der Waals surface area contributed by atoms with E-state index in [0.717, 1.165) is 11.4 Å². The maximum Gasteiger partial charge on any atom is 0.355 e. The minimum Gasteiger partial charge on any atom is -0.494 e. The van der Waals surface area contributed by atoms with Crippen LogP contribution in [0.5, 0.6) is 11.5 Å². The summed E-state index contributed by atoms with van der Waals surface area (Å²) in [5.41, 5.74) is 2.30. The number of carbonyl (C=O) groups is 2. The highest BCUT2D eigenvalue weighted by Crippen LogP contribution is 2.30. The second-order valence-electron chi connectivity index (χ2n) is 8.61. The van der Waals surface area contributed by atoms with Crippen LogP contribution in [0.3, 0.4) is 0 Å². The molecule has 2 aromatic heterocycles. The minimum absolute atomic E-state index is 0.146. The molecule has 216 valence electrons. The summed E-state index contributed by atoms with van der Waals surface area (Å²) >= 11 is 7.48. The van der Waals surface area contributed by atoms with Crippen molar-refractivity contribution in [3.63, 3.8) is 0 Å². The number of nitrogens with one attached hydrogen (secondary N) is 1. The van der Waals surface area contributed by atoms with Gasteiger partial charge in [0.2, 0.25) is 0 Å². The highest BCUT2D eigenvalue weighted by atomic mass is 35.5. The molecule has 41 heavy (non-hydrogen) atoms. The van der Waals surface area contributed by atoms with Crippen LogP contribution in [0.15, 0.2) is 53.7 Å². The lowest BCUT2D eigenvalue weighted by Gasteiger charge is -2.12. The molecule has 0 unspecified atom stereocenters. The van der Waals surface area contributed by atoms with E-state index in [1.165, 1.54) is 11.8 Å². The number of ether oxygens (including phenoxy) is 4. The van der Waals surface area contributed by atoms with E-state index in [1.807, 2.05) is 47.9 Å². The van der Waals surface area contributed by atoms with Gasteiger partial charge in [0, 0.05) is 22.2 Å². The summed E-state index contributed by atoms with van der Waals surface area (Å²) in [7, 11) is 0. The number of H-pyrrole nitrogens is 1. The van der Waals surface area contributed by atoms with Gasteiger partial charge in [0.05, 0.1) is 25.4 Å². The molecule has 0 aliphatic carbocycles. The molecule has 2 heterocycles. The van der Waals surface area contributed by atoms with Gasteiger partial charge in [-0.2, -0.15) is 0 Å². The van der Waals surface area contributed by atoms with Crippen LogP contribution in [-0.2, 0) is 21.8 Å². The number of hydrogen-bond donors (Lipinski definition) is 1. The van der Waals surface area contributed by atoms with Crippen LogP contribution >= 0.6 is 23.4 Å². The summed E-state index contributed by atoms with van der Waals surface area (Å²) < 4.78 is 23.8. The Balaban J connectivity index is 1.62. The molecule has 0 aliphatic heterocycles. The topological polar surface area (TPSA) is 118 Å². The number of hydrogen-bond acceptors (Lipinski definition) is 9. The van der Waals surface area contributed by atoms with E-state index in [4.69, 9.17) is 30.5 Å². The van der Waals surface area contributed by atoms with Crippen molar-refractivity contribution in [2.24, 2.45) is 0 Å². The molecule has 0 fully saturated rings. The summed E-state index contributed by atoms with van der Waals surface area (Å²) in [4.78, 5) is 28.4. The number of aromatic amines is 1. The highest BCUT2D eigenvalue weighted by Gasteiger charge is 2.26. The number of rotatable bonds is 13. The standard InChI is InChI=1S/C29H31ClN4O6S/c1-5-37-21-12-14-22(15-13-21)40-16-24-32-33-29(34(24)20-10-8-19(30)9-11-20)41-17-23-25(27(35)38-6-2)18(4)26(31-23)28(36)39-7-3/h8-15,31H,5-7,16-17H2,1-4H3. The number of halogens is 1. The van der Waals surface area contributed by atoms with Crippen LogP contribution in [0.4, 0.5) is 0 Å². The van der Waals surface area contributed by atoms with Crippen molar-refractivity contribution in [1.82, 2.24) is 19.7 Å². The molecule has 0 spiro atoms. The molecule has 0 saturated heterocycles. The maximum atomic E-state index is 12.8. The summed E-state index contributed by atoms with van der Waals surface area (Å²) in [6, 6.07) is 14.6. The van der Waals surface area contributed by atoms with E-state index < -0.39 is 11.9 Å². The summed E-state index contributed by atoms with van der Waals surface area (Å²) in [5.74, 6) is 1.20. The van der Waals surface area contributed by atoms with Crippen LogP contribution in [0.2, 0.25) is 5.02 Å². The quantitative estimate of drug-likeness (QED) is 0.142. The van der Waals surface area contributed by atoms with Gasteiger partial charge in [-0.05, 0) is 81.8 Å². The molecule has 1 N–H and O–H groups in total. The fourth-order valence-corrected chi connectivity index (χ4v) is 5.13. The van der Waals surface area contributed by atoms with Crippen molar-refractivity contribution in [2.45, 2.75) is 45.2 Å². The third-order valence-corrected chi connectivity index (χ3v) is 7.13. The molecular formula is C29H31ClN4O6S. The van der Waals surface area contributed by atoms with Crippen LogP contribution < -0.4 is 9.47 Å². The summed E-state index contributed by atoms with van der Waals surface area (Å²) in [6.45, 7) is 8.21. The molecule has 4 aromatic rings. The normalized spacial score (nSPS) is 10.9. The first-order valence-electron chi connectivity index (χ1n) is 13.1. The molecule has 10 nitrogen and oxygen atoms in total. The SMILES string of the molecule is CCOC(=O)c1[nH]c(CSc2nnc(COc3ccc(OCC)cc3)n2-c2ccc(Cl)cc2)c(C(=O)OCC)c1C. The highest BCUT2D eigenvalue weighted by molar-refractivity contribution is 7.98. The summed E-state index contributed by atoms with van der Waals surface area (Å²) in [5, 5.41) is 9.94. The van der Waals surface area contributed by atoms with E-state index in [0.29, 0.717) is 45.2 Å². The first-order chi connectivity index (χ1) is 19.9. The average Bonchev–Trinajstić information content (AvgIpc) is 3.52. The smallest absolute Gasteiger partial charge is 0.355 e. The Morgan fingerprint density at radius 1 is 0.878 bits per heavy atom. The predicted octanol–water partition coefficient (Wildman–Crippen LogP) is 6.18. The third-order valence-electron chi connectivity index (χ3n) is 5.92. The van der Waals surface area contributed by atoms with Crippen LogP contribution in [0, 0.1) is 6.92 Å². The van der Waals surface area contributed by atoms with Crippen molar-refractivity contribution in [3.05, 3.63) is 81.9 Å². The number of carbonyl (C=O) groups excluding carboxylic acids is 2. The van der Waals surface area contributed by atoms with E-state index in [-0.39, 0.29) is 31.3 Å². The van der Waals surface area contributed by atoms with Crippen LogP contribution in [-0.4, -0.2) is 51.5 Å². The number of esters is 2. The summed E-state index contributed by atoms with van der Waals surface area (Å²) in [6.07, 6.45) is 0. The molecule has 0 atom stereocenters. The van der Waals surface area contributed by atoms with Crippen LogP contribution in [0.1, 0.15) is 58.7 Å². The Kier molecular flexibility index (Phi) is 10.3. The Bertz CT molecular complexity index is 1480. The third kappa shape index (κ3) is 7.22. The van der Waals surface area contributed by atoms with Gasteiger partial charge in [-0.15, -0.1) is 10.2 Å². The lowest BCUT2D eigenvalue weighted by atomic mass is 10.1. The lowest BCUT2D eigenvalue weighted by Crippen LogP contribution is -2.09. The molecule has 2 aromatic carbocycles. The van der Waals surface area contributed by atoms with E-state index in [9.17, 15) is 9.59 Å². The van der Waals surface area contributed by atoms with Crippen molar-refractivity contribution in [1.29, 1.82) is 0 Å². The largest absolute Gasteiger partial charge is 0.494 e. The minimum atomic E-state index is -0.537. The van der Waals surface area contributed by atoms with Crippen molar-refractivity contribution >= 4 is 35.3 Å². The fourth-order valence-electron chi connectivity index (χ4n) is 4.07. The Morgan fingerprint density at radius 3 is 2.15 bits per heavy atom. The molecule has 0 radical (unpaired) electrons. The fraction of sp³-hybridized carbons (Fsp3) is 0.310. The Hall–Kier alpha value is -3.96. The van der Waals surface area contributed by atoms with Crippen molar-refractivity contribution < 1.29 is 28.5 Å².